The summed E-state index contributed by atoms with van der Waals surface area (Å²) in [5.74, 6) is 1.44. The second-order valence-corrected chi connectivity index (χ2v) is 5.78. The number of nitrogens with one attached hydrogen (secondary N) is 2. The number of furan rings is 1. The molecule has 1 aromatic carbocycles. The maximum atomic E-state index is 5.33. The topological polar surface area (TPSA) is 63.0 Å². The third-order valence-electron chi connectivity index (χ3n) is 3.00. The van der Waals surface area contributed by atoms with Crippen LogP contribution in [0.1, 0.15) is 13.3 Å². The SMILES string of the molecule is CCCNc1nc(Nc2ccc3occc3c2)ncc1I. The molecule has 0 aliphatic rings. The first-order valence-corrected chi connectivity index (χ1v) is 7.85. The van der Waals surface area contributed by atoms with Crippen LogP contribution in [0.4, 0.5) is 17.5 Å². The molecule has 3 aromatic rings. The van der Waals surface area contributed by atoms with Gasteiger partial charge >= 0.3 is 0 Å². The van der Waals surface area contributed by atoms with E-state index in [1.807, 2.05) is 30.5 Å². The molecule has 2 N–H and O–H groups in total. The van der Waals surface area contributed by atoms with Gasteiger partial charge < -0.3 is 15.1 Å². The van der Waals surface area contributed by atoms with E-state index in [0.717, 1.165) is 39.0 Å². The Hall–Kier alpha value is -1.83. The maximum Gasteiger partial charge on any atom is 0.229 e. The Balaban J connectivity index is 1.83. The van der Waals surface area contributed by atoms with Crippen molar-refractivity contribution in [1.29, 1.82) is 0 Å². The third kappa shape index (κ3) is 3.26. The molecule has 0 saturated carbocycles. The summed E-state index contributed by atoms with van der Waals surface area (Å²) in [5, 5.41) is 7.57. The van der Waals surface area contributed by atoms with Crippen LogP contribution in [-0.4, -0.2) is 16.5 Å². The molecule has 0 radical (unpaired) electrons. The molecule has 2 aromatic heterocycles. The number of anilines is 3. The molecule has 0 saturated heterocycles. The molecular formula is C15H15IN4O. The number of hydrogen-bond donors (Lipinski definition) is 2. The Morgan fingerprint density at radius 1 is 1.29 bits per heavy atom. The summed E-state index contributed by atoms with van der Waals surface area (Å²) in [6.07, 6.45) is 4.55. The van der Waals surface area contributed by atoms with Gasteiger partial charge in [-0.25, -0.2) is 4.98 Å². The van der Waals surface area contributed by atoms with E-state index in [0.29, 0.717) is 5.95 Å². The van der Waals surface area contributed by atoms with Gasteiger partial charge in [-0.3, -0.25) is 0 Å². The Bertz CT molecular complexity index is 756. The van der Waals surface area contributed by atoms with Crippen LogP contribution in [0.3, 0.4) is 0 Å². The van der Waals surface area contributed by atoms with Crippen LogP contribution in [0.5, 0.6) is 0 Å². The lowest BCUT2D eigenvalue weighted by Gasteiger charge is -2.09. The van der Waals surface area contributed by atoms with Crippen molar-refractivity contribution in [3.8, 4) is 0 Å². The minimum absolute atomic E-state index is 0.580. The molecule has 0 unspecified atom stereocenters. The van der Waals surface area contributed by atoms with E-state index < -0.39 is 0 Å². The van der Waals surface area contributed by atoms with E-state index >= 15 is 0 Å². The zero-order valence-corrected chi connectivity index (χ0v) is 13.7. The number of halogens is 1. The van der Waals surface area contributed by atoms with Crippen molar-refractivity contribution in [2.45, 2.75) is 13.3 Å². The van der Waals surface area contributed by atoms with E-state index in [4.69, 9.17) is 4.42 Å². The van der Waals surface area contributed by atoms with Crippen LogP contribution in [0.2, 0.25) is 0 Å². The van der Waals surface area contributed by atoms with E-state index in [1.54, 1.807) is 6.26 Å². The number of nitrogens with zero attached hydrogens (tertiary/aromatic N) is 2. The molecule has 21 heavy (non-hydrogen) atoms. The summed E-state index contributed by atoms with van der Waals surface area (Å²) in [5.41, 5.74) is 1.81. The van der Waals surface area contributed by atoms with Gasteiger partial charge in [-0.2, -0.15) is 4.98 Å². The van der Waals surface area contributed by atoms with Crippen molar-refractivity contribution in [3.05, 3.63) is 40.3 Å². The molecule has 108 valence electrons. The fourth-order valence-electron chi connectivity index (χ4n) is 1.97. The molecule has 0 spiro atoms. The zero-order valence-electron chi connectivity index (χ0n) is 11.6. The first-order chi connectivity index (χ1) is 10.3. The van der Waals surface area contributed by atoms with E-state index in [2.05, 4.69) is 50.1 Å². The van der Waals surface area contributed by atoms with Crippen molar-refractivity contribution < 1.29 is 4.42 Å². The molecule has 5 nitrogen and oxygen atoms in total. The van der Waals surface area contributed by atoms with Crippen LogP contribution in [-0.2, 0) is 0 Å². The third-order valence-corrected chi connectivity index (χ3v) is 3.78. The van der Waals surface area contributed by atoms with Crippen LogP contribution < -0.4 is 10.6 Å². The van der Waals surface area contributed by atoms with Crippen molar-refractivity contribution in [2.24, 2.45) is 0 Å². The summed E-state index contributed by atoms with van der Waals surface area (Å²) < 4.78 is 6.34. The zero-order chi connectivity index (χ0) is 14.7. The van der Waals surface area contributed by atoms with Gasteiger partial charge in [0.25, 0.3) is 0 Å². The summed E-state index contributed by atoms with van der Waals surface area (Å²) in [4.78, 5) is 8.83. The van der Waals surface area contributed by atoms with Gasteiger partial charge in [-0.1, -0.05) is 6.92 Å². The molecule has 6 heteroatoms. The predicted octanol–water partition coefficient (Wildman–Crippen LogP) is 4.39. The summed E-state index contributed by atoms with van der Waals surface area (Å²) in [7, 11) is 0. The van der Waals surface area contributed by atoms with Crippen molar-refractivity contribution in [2.75, 3.05) is 17.2 Å². The fourth-order valence-corrected chi connectivity index (χ4v) is 2.42. The summed E-state index contributed by atoms with van der Waals surface area (Å²) >= 11 is 2.23. The lowest BCUT2D eigenvalue weighted by molar-refractivity contribution is 0.616. The molecular weight excluding hydrogens is 379 g/mol. The van der Waals surface area contributed by atoms with E-state index in [9.17, 15) is 0 Å². The number of hydrogen-bond acceptors (Lipinski definition) is 5. The van der Waals surface area contributed by atoms with E-state index in [1.165, 1.54) is 0 Å². The fraction of sp³-hybridized carbons (Fsp3) is 0.200. The smallest absolute Gasteiger partial charge is 0.229 e. The van der Waals surface area contributed by atoms with Gasteiger partial charge in [0.2, 0.25) is 5.95 Å². The predicted molar refractivity (Wildman–Crippen MR) is 93.0 cm³/mol. The molecule has 0 aliphatic heterocycles. The maximum absolute atomic E-state index is 5.33. The van der Waals surface area contributed by atoms with Gasteiger partial charge in [0.05, 0.1) is 9.83 Å². The molecule has 0 bridgehead atoms. The normalized spacial score (nSPS) is 10.8. The van der Waals surface area contributed by atoms with Crippen LogP contribution in [0.15, 0.2) is 41.1 Å². The quantitative estimate of drug-likeness (QED) is 0.629. The highest BCUT2D eigenvalue weighted by Gasteiger charge is 2.05. The van der Waals surface area contributed by atoms with Gasteiger partial charge in [0.1, 0.15) is 11.4 Å². The molecule has 2 heterocycles. The van der Waals surface area contributed by atoms with Crippen molar-refractivity contribution in [1.82, 2.24) is 9.97 Å². The largest absolute Gasteiger partial charge is 0.464 e. The number of benzene rings is 1. The number of fused-ring (bicyclic) bond motifs is 1. The number of rotatable bonds is 5. The van der Waals surface area contributed by atoms with Crippen LogP contribution >= 0.6 is 22.6 Å². The van der Waals surface area contributed by atoms with E-state index in [-0.39, 0.29) is 0 Å². The molecule has 0 amide bonds. The van der Waals surface area contributed by atoms with Gasteiger partial charge in [-0.15, -0.1) is 0 Å². The highest BCUT2D eigenvalue weighted by molar-refractivity contribution is 14.1. The average Bonchev–Trinajstić information content (AvgIpc) is 2.95. The van der Waals surface area contributed by atoms with Crippen molar-refractivity contribution >= 4 is 51.0 Å². The molecule has 0 atom stereocenters. The monoisotopic (exact) mass is 394 g/mol. The Kier molecular flexibility index (Phi) is 4.23. The first kappa shape index (κ1) is 14.1. The summed E-state index contributed by atoms with van der Waals surface area (Å²) in [6.45, 7) is 3.02. The van der Waals surface area contributed by atoms with Gasteiger partial charge in [0.15, 0.2) is 0 Å². The molecule has 3 rings (SSSR count). The van der Waals surface area contributed by atoms with Gasteiger partial charge in [-0.05, 0) is 53.3 Å². The first-order valence-electron chi connectivity index (χ1n) is 6.77. The Labute approximate surface area is 136 Å². The minimum atomic E-state index is 0.580. The second kappa shape index (κ2) is 6.30. The van der Waals surface area contributed by atoms with Crippen LogP contribution in [0, 0.1) is 3.57 Å². The van der Waals surface area contributed by atoms with Crippen molar-refractivity contribution in [3.63, 3.8) is 0 Å². The lowest BCUT2D eigenvalue weighted by Crippen LogP contribution is -2.06. The molecule has 0 aliphatic carbocycles. The minimum Gasteiger partial charge on any atom is -0.464 e. The summed E-state index contributed by atoms with van der Waals surface area (Å²) in [6, 6.07) is 7.83. The lowest BCUT2D eigenvalue weighted by atomic mass is 10.2. The highest BCUT2D eigenvalue weighted by Crippen LogP contribution is 2.23. The van der Waals surface area contributed by atoms with Crippen LogP contribution in [0.25, 0.3) is 11.0 Å². The Morgan fingerprint density at radius 2 is 2.19 bits per heavy atom. The van der Waals surface area contributed by atoms with Gasteiger partial charge in [0, 0.05) is 23.8 Å². The highest BCUT2D eigenvalue weighted by atomic mass is 127. The molecule has 0 fully saturated rings. The standard InChI is InChI=1S/C15H15IN4O/c1-2-6-17-14-12(16)9-18-15(20-14)19-11-3-4-13-10(8-11)5-7-21-13/h3-5,7-9H,2,6H2,1H3,(H2,17,18,19,20). The second-order valence-electron chi connectivity index (χ2n) is 4.62. The average molecular weight is 394 g/mol. The Morgan fingerprint density at radius 3 is 3.05 bits per heavy atom. The number of aromatic nitrogens is 2.